The Morgan fingerprint density at radius 1 is 0.913 bits per heavy atom. The second-order valence-corrected chi connectivity index (χ2v) is 12.3. The van der Waals surface area contributed by atoms with Gasteiger partial charge in [-0.1, -0.05) is 54.6 Å². The highest BCUT2D eigenvalue weighted by Crippen LogP contribution is 2.49. The first-order valence-corrected chi connectivity index (χ1v) is 15.2. The predicted molar refractivity (Wildman–Crippen MR) is 171 cm³/mol. The fourth-order valence-corrected chi connectivity index (χ4v) is 7.63. The first-order chi connectivity index (χ1) is 22.3. The summed E-state index contributed by atoms with van der Waals surface area (Å²) in [6.07, 6.45) is -5.22. The zero-order valence-electron chi connectivity index (χ0n) is 24.2. The molecule has 2 aliphatic rings. The summed E-state index contributed by atoms with van der Waals surface area (Å²) in [6, 6.07) is 19.1. The number of benzene rings is 5. The number of aliphatic hydroxyl groups excluding tert-OH is 5. The molecule has 1 fully saturated rings. The van der Waals surface area contributed by atoms with Gasteiger partial charge in [-0.15, -0.1) is 0 Å². The molecular weight excluding hydrogens is 590 g/mol. The standard InChI is InChI=1S/C34H29N5O7/c40-12-21-20(41)11-22(46-21)39-13-35-28-32(39)37-34(38-33(28)45)36-27-26-19(29(42)31(44)30(27)43)10-15-9-8-14-4-3-7-17-16-5-1-2-6-18(16)25(26)24(15)23(14)17/h1-10,13,20-22,27,29-31,40-44H,11-12H2,(H2,36,37,38,45)/t20-,21+,22+,27-,29-,30-,31+/m0/s1. The van der Waals surface area contributed by atoms with Gasteiger partial charge in [0.15, 0.2) is 11.2 Å². The first-order valence-electron chi connectivity index (χ1n) is 15.2. The number of nitrogens with one attached hydrogen (secondary N) is 2. The van der Waals surface area contributed by atoms with E-state index in [2.05, 4.69) is 38.5 Å². The third-order valence-electron chi connectivity index (χ3n) is 9.77. The highest BCUT2D eigenvalue weighted by Gasteiger charge is 2.43. The number of rotatable bonds is 4. The molecule has 7 N–H and O–H groups in total. The number of fused-ring (bicyclic) bond motifs is 6. The number of H-pyrrole nitrogens is 1. The Morgan fingerprint density at radius 3 is 2.48 bits per heavy atom. The van der Waals surface area contributed by atoms with Gasteiger partial charge in [-0.25, -0.2) is 4.98 Å². The molecule has 9 rings (SSSR count). The number of aromatic nitrogens is 4. The van der Waals surface area contributed by atoms with Gasteiger partial charge in [-0.3, -0.25) is 14.3 Å². The number of aliphatic hydroxyl groups is 5. The molecule has 0 saturated carbocycles. The fourth-order valence-electron chi connectivity index (χ4n) is 7.63. The molecule has 7 aromatic rings. The van der Waals surface area contributed by atoms with E-state index in [0.29, 0.717) is 11.1 Å². The van der Waals surface area contributed by atoms with Gasteiger partial charge in [-0.05, 0) is 60.3 Å². The highest BCUT2D eigenvalue weighted by atomic mass is 16.5. The van der Waals surface area contributed by atoms with E-state index in [9.17, 15) is 30.3 Å². The Balaban J connectivity index is 1.27. The van der Waals surface area contributed by atoms with Crippen molar-refractivity contribution in [2.45, 2.75) is 49.2 Å². The van der Waals surface area contributed by atoms with Crippen LogP contribution in [0.3, 0.4) is 0 Å². The average Bonchev–Trinajstić information content (AvgIpc) is 3.67. The Hall–Kier alpha value is -4.69. The lowest BCUT2D eigenvalue weighted by atomic mass is 9.76. The molecule has 1 saturated heterocycles. The number of hydrogen-bond donors (Lipinski definition) is 7. The lowest BCUT2D eigenvalue weighted by molar-refractivity contribution is -0.0766. The molecule has 3 heterocycles. The normalized spacial score (nSPS) is 26.6. The van der Waals surface area contributed by atoms with Gasteiger partial charge < -0.3 is 35.6 Å². The summed E-state index contributed by atoms with van der Waals surface area (Å²) in [5.74, 6) is 0.00472. The van der Waals surface area contributed by atoms with Crippen molar-refractivity contribution in [1.82, 2.24) is 19.5 Å². The van der Waals surface area contributed by atoms with Gasteiger partial charge in [0.05, 0.1) is 25.1 Å². The molecule has 0 unspecified atom stereocenters. The molecule has 0 amide bonds. The van der Waals surface area contributed by atoms with Gasteiger partial charge in [0.1, 0.15) is 30.6 Å². The van der Waals surface area contributed by atoms with Crippen LogP contribution in [0.2, 0.25) is 0 Å². The summed E-state index contributed by atoms with van der Waals surface area (Å²) < 4.78 is 7.32. The fraction of sp³-hybridized carbons (Fsp3) is 0.265. The van der Waals surface area contributed by atoms with E-state index in [-0.39, 0.29) is 30.1 Å². The number of nitrogens with zero attached hydrogens (tertiary/aromatic N) is 3. The monoisotopic (exact) mass is 619 g/mol. The van der Waals surface area contributed by atoms with Crippen LogP contribution in [0.4, 0.5) is 5.95 Å². The van der Waals surface area contributed by atoms with Crippen molar-refractivity contribution in [1.29, 1.82) is 0 Å². The van der Waals surface area contributed by atoms with Gasteiger partial charge in [0, 0.05) is 6.42 Å². The van der Waals surface area contributed by atoms with E-state index >= 15 is 0 Å². The lowest BCUT2D eigenvalue weighted by Crippen LogP contribution is -2.45. The largest absolute Gasteiger partial charge is 0.394 e. The van der Waals surface area contributed by atoms with Crippen LogP contribution in [-0.2, 0) is 4.74 Å². The van der Waals surface area contributed by atoms with Gasteiger partial charge >= 0.3 is 0 Å². The third kappa shape index (κ3) is 3.73. The summed E-state index contributed by atoms with van der Waals surface area (Å²) in [7, 11) is 0. The minimum absolute atomic E-state index is 0.00472. The van der Waals surface area contributed by atoms with Crippen LogP contribution in [0.25, 0.3) is 54.3 Å². The highest BCUT2D eigenvalue weighted by molar-refractivity contribution is 6.34. The Labute approximate surface area is 259 Å². The molecule has 12 nitrogen and oxygen atoms in total. The van der Waals surface area contributed by atoms with Crippen LogP contribution in [0.1, 0.15) is 35.9 Å². The number of anilines is 1. The van der Waals surface area contributed by atoms with Crippen LogP contribution < -0.4 is 10.9 Å². The maximum Gasteiger partial charge on any atom is 0.280 e. The maximum absolute atomic E-state index is 13.2. The maximum atomic E-state index is 13.2. The van der Waals surface area contributed by atoms with Gasteiger partial charge in [0.25, 0.3) is 5.56 Å². The predicted octanol–water partition coefficient (Wildman–Crippen LogP) is 2.73. The van der Waals surface area contributed by atoms with Gasteiger partial charge in [0.2, 0.25) is 5.95 Å². The van der Waals surface area contributed by atoms with Crippen molar-refractivity contribution in [3.8, 4) is 0 Å². The minimum Gasteiger partial charge on any atom is -0.394 e. The van der Waals surface area contributed by atoms with Crippen LogP contribution in [-0.4, -0.2) is 76.1 Å². The number of imidazole rings is 1. The summed E-state index contributed by atoms with van der Waals surface area (Å²) in [6.45, 7) is -0.366. The van der Waals surface area contributed by atoms with Crippen molar-refractivity contribution in [2.75, 3.05) is 11.9 Å². The molecular formula is C34H29N5O7. The van der Waals surface area contributed by atoms with E-state index in [1.54, 1.807) is 0 Å². The van der Waals surface area contributed by atoms with E-state index in [1.165, 1.54) is 10.9 Å². The Morgan fingerprint density at radius 2 is 1.67 bits per heavy atom. The number of aromatic amines is 1. The zero-order chi connectivity index (χ0) is 31.4. The van der Waals surface area contributed by atoms with E-state index in [4.69, 9.17) is 4.74 Å². The second kappa shape index (κ2) is 9.90. The Bertz CT molecular complexity index is 2390. The van der Waals surface area contributed by atoms with Crippen molar-refractivity contribution in [2.24, 2.45) is 0 Å². The molecule has 1 aliphatic heterocycles. The quantitative estimate of drug-likeness (QED) is 0.114. The number of hydrogen-bond acceptors (Lipinski definition) is 10. The molecule has 0 bridgehead atoms. The molecule has 0 spiro atoms. The van der Waals surface area contributed by atoms with E-state index < -0.39 is 48.3 Å². The summed E-state index contributed by atoms with van der Waals surface area (Å²) in [5.41, 5.74) is 0.731. The van der Waals surface area contributed by atoms with Crippen LogP contribution in [0.15, 0.2) is 71.8 Å². The van der Waals surface area contributed by atoms with E-state index in [0.717, 1.165) is 43.1 Å². The average molecular weight is 620 g/mol. The van der Waals surface area contributed by atoms with Gasteiger partial charge in [-0.2, -0.15) is 4.98 Å². The summed E-state index contributed by atoms with van der Waals surface area (Å²) >= 11 is 0. The SMILES string of the molecule is O=c1[nH]c(N[C@H]2c3c(cc4ccc5cccc6c7ccccc7c3c4c56)[C@H](O)[C@@H](O)[C@H]2O)nc2c1ncn2[C@H]1C[C@H](O)[C@@H](CO)O1. The van der Waals surface area contributed by atoms with E-state index in [1.807, 2.05) is 42.5 Å². The molecule has 46 heavy (non-hydrogen) atoms. The molecule has 1 aliphatic carbocycles. The molecule has 232 valence electrons. The Kier molecular flexibility index (Phi) is 5.94. The van der Waals surface area contributed by atoms with Crippen LogP contribution >= 0.6 is 0 Å². The molecule has 2 aromatic heterocycles. The van der Waals surface area contributed by atoms with Crippen molar-refractivity contribution in [3.05, 3.63) is 88.5 Å². The summed E-state index contributed by atoms with van der Waals surface area (Å²) in [5, 5.41) is 64.9. The number of ether oxygens (including phenoxy) is 1. The van der Waals surface area contributed by atoms with Crippen LogP contribution in [0, 0.1) is 0 Å². The zero-order valence-corrected chi connectivity index (χ0v) is 24.2. The summed E-state index contributed by atoms with van der Waals surface area (Å²) in [4.78, 5) is 24.8. The smallest absolute Gasteiger partial charge is 0.280 e. The van der Waals surface area contributed by atoms with Crippen molar-refractivity contribution < 1.29 is 30.3 Å². The molecule has 0 radical (unpaired) electrons. The van der Waals surface area contributed by atoms with Crippen LogP contribution in [0.5, 0.6) is 0 Å². The van der Waals surface area contributed by atoms with Crippen molar-refractivity contribution >= 4 is 60.2 Å². The third-order valence-corrected chi connectivity index (χ3v) is 9.77. The molecule has 7 atom stereocenters. The molecule has 12 heteroatoms. The first kappa shape index (κ1) is 27.6. The second-order valence-electron chi connectivity index (χ2n) is 12.3. The molecule has 5 aromatic carbocycles. The lowest BCUT2D eigenvalue weighted by Gasteiger charge is -2.39. The van der Waals surface area contributed by atoms with Crippen molar-refractivity contribution in [3.63, 3.8) is 0 Å². The topological polar surface area (TPSA) is 186 Å². The minimum atomic E-state index is -1.53.